The van der Waals surface area contributed by atoms with E-state index in [0.717, 1.165) is 25.9 Å². The fraction of sp³-hybridized carbons (Fsp3) is 0.800. The van der Waals surface area contributed by atoms with Crippen molar-refractivity contribution in [1.29, 1.82) is 0 Å². The Morgan fingerprint density at radius 2 is 2.11 bits per heavy atom. The molecule has 3 nitrogen and oxygen atoms in total. The molecule has 0 aliphatic rings. The first kappa shape index (κ1) is 15.2. The second-order valence-electron chi connectivity index (χ2n) is 5.99. The predicted molar refractivity (Wildman–Crippen MR) is 77.9 cm³/mol. The summed E-state index contributed by atoms with van der Waals surface area (Å²) in [7, 11) is 0. The summed E-state index contributed by atoms with van der Waals surface area (Å²) in [5.41, 5.74) is 1.54. The van der Waals surface area contributed by atoms with Gasteiger partial charge in [-0.05, 0) is 50.8 Å². The van der Waals surface area contributed by atoms with Crippen LogP contribution in [0, 0.1) is 5.41 Å². The van der Waals surface area contributed by atoms with Crippen molar-refractivity contribution in [2.75, 3.05) is 13.1 Å². The first-order chi connectivity index (χ1) is 8.48. The van der Waals surface area contributed by atoms with E-state index in [-0.39, 0.29) is 0 Å². The van der Waals surface area contributed by atoms with Crippen molar-refractivity contribution < 1.29 is 0 Å². The smallest absolute Gasteiger partial charge is 0.0630 e. The molecule has 0 radical (unpaired) electrons. The van der Waals surface area contributed by atoms with Crippen LogP contribution in [0.25, 0.3) is 0 Å². The molecule has 0 bridgehead atoms. The van der Waals surface area contributed by atoms with Crippen LogP contribution in [-0.2, 0) is 6.42 Å². The van der Waals surface area contributed by atoms with Gasteiger partial charge in [-0.1, -0.05) is 27.7 Å². The van der Waals surface area contributed by atoms with E-state index in [1.807, 2.05) is 0 Å². The number of aromatic nitrogens is 2. The molecule has 3 heteroatoms. The minimum Gasteiger partial charge on any atom is -0.317 e. The zero-order chi connectivity index (χ0) is 13.6. The van der Waals surface area contributed by atoms with Crippen LogP contribution in [0.1, 0.15) is 59.2 Å². The van der Waals surface area contributed by atoms with E-state index in [1.54, 1.807) is 0 Å². The Kier molecular flexibility index (Phi) is 5.86. The average molecular weight is 251 g/mol. The first-order valence-electron chi connectivity index (χ1n) is 7.23. The van der Waals surface area contributed by atoms with Crippen LogP contribution >= 0.6 is 0 Å². The Morgan fingerprint density at radius 1 is 1.39 bits per heavy atom. The third kappa shape index (κ3) is 4.81. The van der Waals surface area contributed by atoms with Crippen LogP contribution in [0.4, 0.5) is 0 Å². The summed E-state index contributed by atoms with van der Waals surface area (Å²) < 4.78 is 2.09. The molecule has 0 amide bonds. The molecular weight excluding hydrogens is 222 g/mol. The Bertz CT molecular complexity index is 341. The maximum atomic E-state index is 4.69. The van der Waals surface area contributed by atoms with Crippen LogP contribution in [-0.4, -0.2) is 22.9 Å². The molecule has 1 aromatic rings. The summed E-state index contributed by atoms with van der Waals surface area (Å²) in [6.45, 7) is 13.4. The quantitative estimate of drug-likeness (QED) is 0.717. The minimum absolute atomic E-state index is 0.316. The van der Waals surface area contributed by atoms with E-state index < -0.39 is 0 Å². The van der Waals surface area contributed by atoms with E-state index >= 15 is 0 Å². The van der Waals surface area contributed by atoms with Crippen molar-refractivity contribution in [1.82, 2.24) is 15.1 Å². The van der Waals surface area contributed by atoms with Crippen molar-refractivity contribution in [2.24, 2.45) is 5.41 Å². The molecule has 0 fully saturated rings. The topological polar surface area (TPSA) is 29.9 Å². The van der Waals surface area contributed by atoms with E-state index in [4.69, 9.17) is 5.10 Å². The fourth-order valence-electron chi connectivity index (χ4n) is 2.09. The van der Waals surface area contributed by atoms with Gasteiger partial charge in [0.1, 0.15) is 0 Å². The molecule has 1 atom stereocenters. The highest BCUT2D eigenvalue weighted by Crippen LogP contribution is 2.25. The Hall–Kier alpha value is -0.830. The second-order valence-corrected chi connectivity index (χ2v) is 5.99. The molecule has 0 spiro atoms. The van der Waals surface area contributed by atoms with E-state index in [0.29, 0.717) is 11.5 Å². The fourth-order valence-corrected chi connectivity index (χ4v) is 2.09. The summed E-state index contributed by atoms with van der Waals surface area (Å²) in [6.07, 6.45) is 5.49. The van der Waals surface area contributed by atoms with E-state index in [2.05, 4.69) is 56.9 Å². The molecule has 1 N–H and O–H groups in total. The first-order valence-corrected chi connectivity index (χ1v) is 7.23. The van der Waals surface area contributed by atoms with Crippen molar-refractivity contribution in [3.05, 3.63) is 18.0 Å². The van der Waals surface area contributed by atoms with Gasteiger partial charge in [0.25, 0.3) is 0 Å². The highest BCUT2D eigenvalue weighted by molar-refractivity contribution is 5.02. The maximum absolute atomic E-state index is 4.69. The molecule has 0 aliphatic carbocycles. The van der Waals surface area contributed by atoms with Gasteiger partial charge >= 0.3 is 0 Å². The molecule has 0 saturated carbocycles. The molecule has 104 valence electrons. The molecule has 1 unspecified atom stereocenters. The normalized spacial score (nSPS) is 13.8. The SMILES string of the molecule is CCNCCC(C)(C)Cc1ccn(C(C)CC)n1. The van der Waals surface area contributed by atoms with E-state index in [9.17, 15) is 0 Å². The van der Waals surface area contributed by atoms with Gasteiger partial charge in [-0.15, -0.1) is 0 Å². The molecule has 0 saturated heterocycles. The zero-order valence-corrected chi connectivity index (χ0v) is 12.7. The van der Waals surface area contributed by atoms with Crippen LogP contribution in [0.5, 0.6) is 0 Å². The van der Waals surface area contributed by atoms with Gasteiger partial charge in [-0.3, -0.25) is 4.68 Å². The maximum Gasteiger partial charge on any atom is 0.0630 e. The standard InChI is InChI=1S/C15H29N3/c1-6-13(3)18-11-8-14(17-18)12-15(4,5)9-10-16-7-2/h8,11,13,16H,6-7,9-10,12H2,1-5H3. The average Bonchev–Trinajstić information content (AvgIpc) is 2.75. The lowest BCUT2D eigenvalue weighted by Gasteiger charge is -2.23. The molecule has 1 rings (SSSR count). The molecular formula is C15H29N3. The van der Waals surface area contributed by atoms with Gasteiger partial charge in [-0.25, -0.2) is 0 Å². The van der Waals surface area contributed by atoms with Gasteiger partial charge in [0, 0.05) is 12.2 Å². The number of rotatable bonds is 8. The molecule has 0 aliphatic heterocycles. The monoisotopic (exact) mass is 251 g/mol. The van der Waals surface area contributed by atoms with Crippen LogP contribution in [0.15, 0.2) is 12.3 Å². The van der Waals surface area contributed by atoms with Gasteiger partial charge < -0.3 is 5.32 Å². The summed E-state index contributed by atoms with van der Waals surface area (Å²) >= 11 is 0. The summed E-state index contributed by atoms with van der Waals surface area (Å²) in [4.78, 5) is 0. The van der Waals surface area contributed by atoms with Gasteiger partial charge in [-0.2, -0.15) is 5.10 Å². The lowest BCUT2D eigenvalue weighted by Crippen LogP contribution is -2.24. The van der Waals surface area contributed by atoms with Crippen LogP contribution in [0.2, 0.25) is 0 Å². The van der Waals surface area contributed by atoms with Gasteiger partial charge in [0.05, 0.1) is 5.69 Å². The number of hydrogen-bond donors (Lipinski definition) is 1. The number of hydrogen-bond acceptors (Lipinski definition) is 2. The van der Waals surface area contributed by atoms with Crippen molar-refractivity contribution >= 4 is 0 Å². The molecule has 1 aromatic heterocycles. The third-order valence-corrected chi connectivity index (χ3v) is 3.59. The second kappa shape index (κ2) is 6.93. The van der Waals surface area contributed by atoms with Crippen molar-refractivity contribution in [3.63, 3.8) is 0 Å². The van der Waals surface area contributed by atoms with Crippen LogP contribution < -0.4 is 5.32 Å². The molecule has 0 aromatic carbocycles. The van der Waals surface area contributed by atoms with E-state index in [1.165, 1.54) is 12.1 Å². The Balaban J connectivity index is 2.52. The highest BCUT2D eigenvalue weighted by atomic mass is 15.3. The minimum atomic E-state index is 0.316. The largest absolute Gasteiger partial charge is 0.317 e. The Morgan fingerprint density at radius 3 is 2.72 bits per heavy atom. The number of nitrogens with zero attached hydrogens (tertiary/aromatic N) is 2. The number of nitrogens with one attached hydrogen (secondary N) is 1. The molecule has 1 heterocycles. The lowest BCUT2D eigenvalue weighted by molar-refractivity contribution is 0.321. The highest BCUT2D eigenvalue weighted by Gasteiger charge is 2.19. The summed E-state index contributed by atoms with van der Waals surface area (Å²) in [5.74, 6) is 0. The predicted octanol–water partition coefficient (Wildman–Crippen LogP) is 3.42. The van der Waals surface area contributed by atoms with Gasteiger partial charge in [0.2, 0.25) is 0 Å². The summed E-state index contributed by atoms with van der Waals surface area (Å²) in [6, 6.07) is 2.67. The van der Waals surface area contributed by atoms with Gasteiger partial charge in [0.15, 0.2) is 0 Å². The molecule has 18 heavy (non-hydrogen) atoms. The van der Waals surface area contributed by atoms with Crippen LogP contribution in [0.3, 0.4) is 0 Å². The zero-order valence-electron chi connectivity index (χ0n) is 12.7. The Labute approximate surface area is 112 Å². The van der Waals surface area contributed by atoms with Crippen molar-refractivity contribution in [3.8, 4) is 0 Å². The third-order valence-electron chi connectivity index (χ3n) is 3.59. The lowest BCUT2D eigenvalue weighted by atomic mass is 9.84. The summed E-state index contributed by atoms with van der Waals surface area (Å²) in [5, 5.41) is 8.09. The van der Waals surface area contributed by atoms with Crippen molar-refractivity contribution in [2.45, 2.75) is 59.9 Å².